The van der Waals surface area contributed by atoms with Crippen molar-refractivity contribution in [1.82, 2.24) is 9.88 Å². The lowest BCUT2D eigenvalue weighted by atomic mass is 9.80. The molecule has 0 amide bonds. The van der Waals surface area contributed by atoms with Crippen molar-refractivity contribution < 1.29 is 9.90 Å². The van der Waals surface area contributed by atoms with Crippen LogP contribution >= 0.6 is 11.3 Å². The largest absolute Gasteiger partial charge is 0.476 e. The van der Waals surface area contributed by atoms with Crippen molar-refractivity contribution in [3.05, 3.63) is 16.1 Å². The summed E-state index contributed by atoms with van der Waals surface area (Å²) in [6.45, 7) is 9.80. The maximum atomic E-state index is 10.8. The molecule has 100 valence electrons. The molecule has 1 atom stereocenters. The Bertz CT molecular complexity index is 436. The van der Waals surface area contributed by atoms with Gasteiger partial charge in [0.1, 0.15) is 0 Å². The van der Waals surface area contributed by atoms with E-state index in [0.29, 0.717) is 5.41 Å². The highest BCUT2D eigenvalue weighted by atomic mass is 32.1. The van der Waals surface area contributed by atoms with Crippen molar-refractivity contribution >= 4 is 17.3 Å². The zero-order valence-corrected chi connectivity index (χ0v) is 12.0. The van der Waals surface area contributed by atoms with Crippen molar-refractivity contribution in [2.75, 3.05) is 13.1 Å². The standard InChI is InChI=1S/C13H20N2O2S/c1-13(2,3)9-4-5-15(6-9)7-10-8-18-11(14-10)12(16)17/h8-9H,4-7H2,1-3H3,(H,16,17). The molecule has 4 nitrogen and oxygen atoms in total. The number of thiazole rings is 1. The van der Waals surface area contributed by atoms with Crippen LogP contribution in [0, 0.1) is 11.3 Å². The van der Waals surface area contributed by atoms with Crippen LogP contribution in [0.1, 0.15) is 42.7 Å². The number of rotatable bonds is 3. The van der Waals surface area contributed by atoms with Gasteiger partial charge < -0.3 is 5.11 Å². The molecule has 0 bridgehead atoms. The smallest absolute Gasteiger partial charge is 0.365 e. The number of aromatic nitrogens is 1. The minimum Gasteiger partial charge on any atom is -0.476 e. The summed E-state index contributed by atoms with van der Waals surface area (Å²) in [6, 6.07) is 0. The molecular formula is C13H20N2O2S. The van der Waals surface area contributed by atoms with Gasteiger partial charge in [0, 0.05) is 18.5 Å². The maximum absolute atomic E-state index is 10.8. The molecule has 5 heteroatoms. The molecule has 1 unspecified atom stereocenters. The van der Waals surface area contributed by atoms with Gasteiger partial charge in [-0.15, -0.1) is 11.3 Å². The molecule has 1 aliphatic heterocycles. The molecule has 2 rings (SSSR count). The summed E-state index contributed by atoms with van der Waals surface area (Å²) in [5.41, 5.74) is 1.23. The number of aromatic carboxylic acids is 1. The number of carboxylic acid groups (broad SMARTS) is 1. The molecule has 0 radical (unpaired) electrons. The predicted octanol–water partition coefficient (Wildman–Crippen LogP) is 2.71. The van der Waals surface area contributed by atoms with E-state index in [1.165, 1.54) is 17.8 Å². The number of carboxylic acids is 1. The van der Waals surface area contributed by atoms with Gasteiger partial charge in [-0.1, -0.05) is 20.8 Å². The third-order valence-corrected chi connectivity index (χ3v) is 4.50. The molecule has 0 spiro atoms. The summed E-state index contributed by atoms with van der Waals surface area (Å²) in [5, 5.41) is 10.9. The number of hydrogen-bond acceptors (Lipinski definition) is 4. The highest BCUT2D eigenvalue weighted by molar-refractivity contribution is 7.11. The minimum absolute atomic E-state index is 0.191. The molecule has 1 aromatic rings. The monoisotopic (exact) mass is 268 g/mol. The quantitative estimate of drug-likeness (QED) is 0.915. The Morgan fingerprint density at radius 3 is 2.83 bits per heavy atom. The normalized spacial score (nSPS) is 21.4. The lowest BCUT2D eigenvalue weighted by molar-refractivity contribution is 0.0696. The Hall–Kier alpha value is -0.940. The minimum atomic E-state index is -0.930. The molecule has 0 saturated carbocycles. The fourth-order valence-corrected chi connectivity index (χ4v) is 3.04. The second-order valence-corrected chi connectivity index (χ2v) is 6.89. The van der Waals surface area contributed by atoms with Crippen LogP contribution in [-0.4, -0.2) is 34.0 Å². The third kappa shape index (κ3) is 3.09. The summed E-state index contributed by atoms with van der Waals surface area (Å²) in [6.07, 6.45) is 1.22. The second kappa shape index (κ2) is 4.97. The first-order valence-corrected chi connectivity index (χ1v) is 7.14. The molecule has 2 heterocycles. The van der Waals surface area contributed by atoms with Gasteiger partial charge in [0.05, 0.1) is 5.69 Å². The van der Waals surface area contributed by atoms with Crippen LogP contribution in [0.4, 0.5) is 0 Å². The molecule has 1 saturated heterocycles. The fourth-order valence-electron chi connectivity index (χ4n) is 2.39. The number of carbonyl (C=O) groups is 1. The van der Waals surface area contributed by atoms with E-state index in [0.717, 1.165) is 31.2 Å². The molecular weight excluding hydrogens is 248 g/mol. The molecule has 0 aromatic carbocycles. The van der Waals surface area contributed by atoms with Gasteiger partial charge in [-0.05, 0) is 24.3 Å². The van der Waals surface area contributed by atoms with E-state index in [9.17, 15) is 4.79 Å². The van der Waals surface area contributed by atoms with Gasteiger partial charge in [0.2, 0.25) is 5.01 Å². The van der Waals surface area contributed by atoms with E-state index in [4.69, 9.17) is 5.11 Å². The van der Waals surface area contributed by atoms with Crippen LogP contribution in [0.15, 0.2) is 5.38 Å². The van der Waals surface area contributed by atoms with Crippen LogP contribution in [-0.2, 0) is 6.54 Å². The maximum Gasteiger partial charge on any atom is 0.365 e. The molecule has 1 aromatic heterocycles. The highest BCUT2D eigenvalue weighted by Gasteiger charge is 2.31. The Kier molecular flexibility index (Phi) is 3.73. The van der Waals surface area contributed by atoms with Crippen LogP contribution in [0.2, 0.25) is 0 Å². The first-order chi connectivity index (χ1) is 8.36. The number of likely N-dealkylation sites (tertiary alicyclic amines) is 1. The topological polar surface area (TPSA) is 53.4 Å². The highest BCUT2D eigenvalue weighted by Crippen LogP contribution is 2.34. The van der Waals surface area contributed by atoms with Gasteiger partial charge in [0.25, 0.3) is 0 Å². The Labute approximate surface area is 112 Å². The van der Waals surface area contributed by atoms with Crippen LogP contribution in [0.25, 0.3) is 0 Å². The summed E-state index contributed by atoms with van der Waals surface area (Å²) in [4.78, 5) is 17.3. The van der Waals surface area contributed by atoms with Crippen molar-refractivity contribution in [1.29, 1.82) is 0 Å². The number of nitrogens with zero attached hydrogens (tertiary/aromatic N) is 2. The van der Waals surface area contributed by atoms with Crippen LogP contribution in [0.5, 0.6) is 0 Å². The van der Waals surface area contributed by atoms with Crippen LogP contribution < -0.4 is 0 Å². The van der Waals surface area contributed by atoms with Gasteiger partial charge in [-0.2, -0.15) is 0 Å². The lowest BCUT2D eigenvalue weighted by Crippen LogP contribution is -2.25. The Morgan fingerprint density at radius 1 is 1.61 bits per heavy atom. The fraction of sp³-hybridized carbons (Fsp3) is 0.692. The summed E-state index contributed by atoms with van der Waals surface area (Å²) in [5.74, 6) is -0.213. The van der Waals surface area contributed by atoms with Crippen molar-refractivity contribution in [3.8, 4) is 0 Å². The van der Waals surface area contributed by atoms with E-state index in [1.807, 2.05) is 5.38 Å². The molecule has 1 fully saturated rings. The van der Waals surface area contributed by atoms with Gasteiger partial charge in [-0.25, -0.2) is 9.78 Å². The lowest BCUT2D eigenvalue weighted by Gasteiger charge is -2.26. The predicted molar refractivity (Wildman–Crippen MR) is 71.9 cm³/mol. The van der Waals surface area contributed by atoms with E-state index in [-0.39, 0.29) is 5.01 Å². The molecule has 18 heavy (non-hydrogen) atoms. The molecule has 1 aliphatic rings. The van der Waals surface area contributed by atoms with Crippen molar-refractivity contribution in [3.63, 3.8) is 0 Å². The first kappa shape index (κ1) is 13.5. The summed E-state index contributed by atoms with van der Waals surface area (Å²) < 4.78 is 0. The first-order valence-electron chi connectivity index (χ1n) is 6.26. The van der Waals surface area contributed by atoms with E-state index >= 15 is 0 Å². The zero-order valence-electron chi connectivity index (χ0n) is 11.1. The zero-order chi connectivity index (χ0) is 13.3. The van der Waals surface area contributed by atoms with Gasteiger partial charge in [0.15, 0.2) is 0 Å². The van der Waals surface area contributed by atoms with Crippen molar-refractivity contribution in [2.24, 2.45) is 11.3 Å². The Balaban J connectivity index is 1.93. The average molecular weight is 268 g/mol. The van der Waals surface area contributed by atoms with Crippen LogP contribution in [0.3, 0.4) is 0 Å². The molecule has 0 aliphatic carbocycles. The van der Waals surface area contributed by atoms with Crippen molar-refractivity contribution in [2.45, 2.75) is 33.7 Å². The molecule has 1 N–H and O–H groups in total. The Morgan fingerprint density at radius 2 is 2.33 bits per heavy atom. The van der Waals surface area contributed by atoms with E-state index < -0.39 is 5.97 Å². The third-order valence-electron chi connectivity index (χ3n) is 3.62. The average Bonchev–Trinajstić information content (AvgIpc) is 2.85. The van der Waals surface area contributed by atoms with E-state index in [1.54, 1.807) is 0 Å². The SMILES string of the molecule is CC(C)(C)C1CCN(Cc2csc(C(=O)O)n2)C1. The van der Waals surface area contributed by atoms with E-state index in [2.05, 4.69) is 30.7 Å². The summed E-state index contributed by atoms with van der Waals surface area (Å²) in [7, 11) is 0. The van der Waals surface area contributed by atoms with Gasteiger partial charge in [-0.3, -0.25) is 4.90 Å². The second-order valence-electron chi connectivity index (χ2n) is 6.04. The number of hydrogen-bond donors (Lipinski definition) is 1. The summed E-state index contributed by atoms with van der Waals surface area (Å²) >= 11 is 1.21. The van der Waals surface area contributed by atoms with Gasteiger partial charge >= 0.3 is 5.97 Å².